The van der Waals surface area contributed by atoms with E-state index >= 15 is 0 Å². The Morgan fingerprint density at radius 3 is 2.71 bits per heavy atom. The van der Waals surface area contributed by atoms with Gasteiger partial charge in [-0.2, -0.15) is 5.10 Å². The number of phenolic OH excluding ortho intramolecular Hbond substituents is 1. The Bertz CT molecular complexity index is 1280. The third-order valence-electron chi connectivity index (χ3n) is 7.08. The molecular formula is C25H27N5O4. The molecule has 3 aliphatic heterocycles. The molecule has 0 bridgehead atoms. The summed E-state index contributed by atoms with van der Waals surface area (Å²) in [7, 11) is 0. The number of hydrogen-bond acceptors (Lipinski definition) is 6. The smallest absolute Gasteiger partial charge is 0.258 e. The van der Waals surface area contributed by atoms with Gasteiger partial charge in [0.1, 0.15) is 5.75 Å². The predicted molar refractivity (Wildman–Crippen MR) is 125 cm³/mol. The third-order valence-corrected chi connectivity index (χ3v) is 7.08. The second-order valence-corrected chi connectivity index (χ2v) is 9.22. The van der Waals surface area contributed by atoms with Gasteiger partial charge in [-0.05, 0) is 35.7 Å². The van der Waals surface area contributed by atoms with Gasteiger partial charge in [0, 0.05) is 56.3 Å². The minimum absolute atomic E-state index is 0.0742. The molecule has 0 atom stereocenters. The van der Waals surface area contributed by atoms with Crippen LogP contribution in [0.1, 0.15) is 40.0 Å². The number of likely N-dealkylation sites (tertiary alicyclic amines) is 1. The number of aromatic nitrogens is 2. The lowest BCUT2D eigenvalue weighted by molar-refractivity contribution is -0.128. The topological polar surface area (TPSA) is 102 Å². The van der Waals surface area contributed by atoms with Crippen LogP contribution in [0.15, 0.2) is 30.3 Å². The standard InChI is InChI=1S/C25H27N5O4/c31-23-12-21-19(22(27-26-21)15-29-5-1-2-24(29)32)11-20(23)25(33)30-13-16-3-4-18(10-17(16)14-30)28-6-8-34-9-7-28/h3-4,10-12,31H,1-2,5-9,13-15H2,(H,26,27). The molecular weight excluding hydrogens is 434 g/mol. The number of carbonyl (C=O) groups excluding carboxylic acids is 2. The van der Waals surface area contributed by atoms with Gasteiger partial charge < -0.3 is 24.5 Å². The molecule has 2 saturated heterocycles. The van der Waals surface area contributed by atoms with Gasteiger partial charge in [-0.3, -0.25) is 14.7 Å². The molecule has 0 saturated carbocycles. The SMILES string of the molecule is O=C1CCCN1Cc1n[nH]c2cc(O)c(C(=O)N3Cc4ccc(N5CCOCC5)cc4C3)cc12. The van der Waals surface area contributed by atoms with E-state index in [9.17, 15) is 14.7 Å². The van der Waals surface area contributed by atoms with Gasteiger partial charge >= 0.3 is 0 Å². The number of morpholine rings is 1. The third kappa shape index (κ3) is 3.66. The van der Waals surface area contributed by atoms with Gasteiger partial charge in [0.15, 0.2) is 0 Å². The molecule has 2 amide bonds. The van der Waals surface area contributed by atoms with E-state index in [0.717, 1.165) is 61.5 Å². The zero-order valence-corrected chi connectivity index (χ0v) is 18.9. The summed E-state index contributed by atoms with van der Waals surface area (Å²) in [4.78, 5) is 31.3. The summed E-state index contributed by atoms with van der Waals surface area (Å²) in [6, 6.07) is 9.62. The molecule has 9 heteroatoms. The van der Waals surface area contributed by atoms with Crippen LogP contribution in [0.4, 0.5) is 5.69 Å². The van der Waals surface area contributed by atoms with Crippen LogP contribution in [0.25, 0.3) is 10.9 Å². The number of amides is 2. The van der Waals surface area contributed by atoms with Crippen molar-refractivity contribution in [2.24, 2.45) is 0 Å². The van der Waals surface area contributed by atoms with Crippen molar-refractivity contribution >= 4 is 28.4 Å². The van der Waals surface area contributed by atoms with Crippen molar-refractivity contribution in [3.63, 3.8) is 0 Å². The van der Waals surface area contributed by atoms with Gasteiger partial charge in [0.25, 0.3) is 5.91 Å². The van der Waals surface area contributed by atoms with Crippen molar-refractivity contribution in [1.82, 2.24) is 20.0 Å². The fourth-order valence-corrected chi connectivity index (χ4v) is 5.16. The fourth-order valence-electron chi connectivity index (χ4n) is 5.16. The Morgan fingerprint density at radius 1 is 1.09 bits per heavy atom. The lowest BCUT2D eigenvalue weighted by atomic mass is 10.1. The lowest BCUT2D eigenvalue weighted by Gasteiger charge is -2.29. The van der Waals surface area contributed by atoms with Crippen LogP contribution in [-0.4, -0.2) is 69.8 Å². The number of benzene rings is 2. The predicted octanol–water partition coefficient (Wildman–Crippen LogP) is 2.38. The molecule has 176 valence electrons. The van der Waals surface area contributed by atoms with Crippen molar-refractivity contribution in [2.75, 3.05) is 37.7 Å². The molecule has 2 N–H and O–H groups in total. The van der Waals surface area contributed by atoms with E-state index in [2.05, 4.69) is 33.3 Å². The van der Waals surface area contributed by atoms with Crippen molar-refractivity contribution in [1.29, 1.82) is 0 Å². The van der Waals surface area contributed by atoms with Gasteiger partial charge in [-0.25, -0.2) is 0 Å². The molecule has 6 rings (SSSR count). The van der Waals surface area contributed by atoms with E-state index in [-0.39, 0.29) is 23.1 Å². The van der Waals surface area contributed by atoms with Crippen molar-refractivity contribution in [3.05, 3.63) is 52.7 Å². The zero-order chi connectivity index (χ0) is 23.2. The van der Waals surface area contributed by atoms with Gasteiger partial charge in [0.2, 0.25) is 5.91 Å². The van der Waals surface area contributed by atoms with Crippen LogP contribution >= 0.6 is 0 Å². The van der Waals surface area contributed by atoms with E-state index in [1.807, 2.05) is 0 Å². The molecule has 1 aromatic heterocycles. The number of rotatable bonds is 4. The average molecular weight is 462 g/mol. The summed E-state index contributed by atoms with van der Waals surface area (Å²) in [6.45, 7) is 5.32. The van der Waals surface area contributed by atoms with Crippen molar-refractivity contribution in [3.8, 4) is 5.75 Å². The highest BCUT2D eigenvalue weighted by atomic mass is 16.5. The van der Waals surface area contributed by atoms with Crippen LogP contribution < -0.4 is 4.90 Å². The zero-order valence-electron chi connectivity index (χ0n) is 18.9. The molecule has 3 aliphatic rings. The number of hydrogen-bond donors (Lipinski definition) is 2. The molecule has 0 aliphatic carbocycles. The van der Waals surface area contributed by atoms with E-state index in [4.69, 9.17) is 4.74 Å². The van der Waals surface area contributed by atoms with E-state index in [1.54, 1.807) is 21.9 Å². The van der Waals surface area contributed by atoms with E-state index in [1.165, 1.54) is 0 Å². The second kappa shape index (κ2) is 8.32. The lowest BCUT2D eigenvalue weighted by Crippen LogP contribution is -2.36. The van der Waals surface area contributed by atoms with Gasteiger partial charge in [-0.15, -0.1) is 0 Å². The minimum atomic E-state index is -0.215. The second-order valence-electron chi connectivity index (χ2n) is 9.22. The maximum atomic E-state index is 13.4. The summed E-state index contributed by atoms with van der Waals surface area (Å²) in [5.74, 6) is -0.166. The number of anilines is 1. The van der Waals surface area contributed by atoms with E-state index in [0.29, 0.717) is 37.3 Å². The Kier molecular flexibility index (Phi) is 5.13. The molecule has 2 fully saturated rings. The number of aromatic amines is 1. The number of aromatic hydroxyl groups is 1. The molecule has 34 heavy (non-hydrogen) atoms. The van der Waals surface area contributed by atoms with Crippen LogP contribution in [0, 0.1) is 0 Å². The molecule has 4 heterocycles. The Hall–Kier alpha value is -3.59. The normalized spacial score (nSPS) is 18.2. The monoisotopic (exact) mass is 461 g/mol. The molecule has 9 nitrogen and oxygen atoms in total. The minimum Gasteiger partial charge on any atom is -0.507 e. The maximum absolute atomic E-state index is 13.4. The number of nitrogens with one attached hydrogen (secondary N) is 1. The maximum Gasteiger partial charge on any atom is 0.258 e. The number of fused-ring (bicyclic) bond motifs is 2. The summed E-state index contributed by atoms with van der Waals surface area (Å²) < 4.78 is 5.45. The van der Waals surface area contributed by atoms with Crippen LogP contribution in [0.5, 0.6) is 5.75 Å². The largest absolute Gasteiger partial charge is 0.507 e. The highest BCUT2D eigenvalue weighted by molar-refractivity contribution is 6.01. The van der Waals surface area contributed by atoms with Crippen LogP contribution in [0.3, 0.4) is 0 Å². The number of ether oxygens (including phenoxy) is 1. The summed E-state index contributed by atoms with van der Waals surface area (Å²) in [5.41, 5.74) is 5.02. The molecule has 0 unspecified atom stereocenters. The highest BCUT2D eigenvalue weighted by Crippen LogP contribution is 2.32. The van der Waals surface area contributed by atoms with Crippen molar-refractivity contribution < 1.29 is 19.4 Å². The summed E-state index contributed by atoms with van der Waals surface area (Å²) in [5, 5.41) is 18.7. The number of phenols is 1. The Labute approximate surface area is 196 Å². The molecule has 0 radical (unpaired) electrons. The van der Waals surface area contributed by atoms with Gasteiger partial charge in [-0.1, -0.05) is 6.07 Å². The van der Waals surface area contributed by atoms with Crippen LogP contribution in [-0.2, 0) is 29.2 Å². The quantitative estimate of drug-likeness (QED) is 0.619. The molecule has 3 aromatic rings. The molecule has 2 aromatic carbocycles. The van der Waals surface area contributed by atoms with Crippen LogP contribution in [0.2, 0.25) is 0 Å². The first-order valence-corrected chi connectivity index (χ1v) is 11.8. The Morgan fingerprint density at radius 2 is 1.91 bits per heavy atom. The average Bonchev–Trinajstić information content (AvgIpc) is 3.57. The van der Waals surface area contributed by atoms with E-state index < -0.39 is 0 Å². The first-order valence-electron chi connectivity index (χ1n) is 11.8. The number of carbonyl (C=O) groups is 2. The molecule has 0 spiro atoms. The first kappa shape index (κ1) is 21.0. The first-order chi connectivity index (χ1) is 16.6. The number of H-pyrrole nitrogens is 1. The van der Waals surface area contributed by atoms with Gasteiger partial charge in [0.05, 0.1) is 36.5 Å². The highest BCUT2D eigenvalue weighted by Gasteiger charge is 2.28. The van der Waals surface area contributed by atoms with Crippen molar-refractivity contribution in [2.45, 2.75) is 32.5 Å². The summed E-state index contributed by atoms with van der Waals surface area (Å²) >= 11 is 0. The summed E-state index contributed by atoms with van der Waals surface area (Å²) in [6.07, 6.45) is 1.42. The Balaban J connectivity index is 1.24. The fraction of sp³-hybridized carbons (Fsp3) is 0.400. The number of nitrogens with zero attached hydrogens (tertiary/aromatic N) is 4.